The Bertz CT molecular complexity index is 903. The van der Waals surface area contributed by atoms with Crippen LogP contribution in [0.5, 0.6) is 5.75 Å². The summed E-state index contributed by atoms with van der Waals surface area (Å²) in [5.41, 5.74) is 1.29. The topological polar surface area (TPSA) is 70.4 Å². The van der Waals surface area contributed by atoms with E-state index in [2.05, 4.69) is 12.6 Å². The van der Waals surface area contributed by atoms with Crippen LogP contribution in [0.4, 0.5) is 5.69 Å². The summed E-state index contributed by atoms with van der Waals surface area (Å²) in [4.78, 5) is 0.0567. The quantitative estimate of drug-likeness (QED) is 0.689. The Balaban J connectivity index is 2.45. The van der Waals surface area contributed by atoms with Gasteiger partial charge in [-0.05, 0) is 35.9 Å². The van der Waals surface area contributed by atoms with Crippen molar-refractivity contribution in [1.82, 2.24) is 0 Å². The molecule has 7 heteroatoms. The summed E-state index contributed by atoms with van der Waals surface area (Å²) < 4.78 is 32.3. The number of nitriles is 1. The van der Waals surface area contributed by atoms with E-state index in [9.17, 15) is 8.42 Å². The summed E-state index contributed by atoms with van der Waals surface area (Å²) in [6, 6.07) is 13.2. The minimum absolute atomic E-state index is 0.0567. The fourth-order valence-corrected chi connectivity index (χ4v) is 4.05. The SMILES string of the molecule is C=CCN(c1ccc(CC#N)cc1)S(=O)(=O)c1ccc(OC)c(Cl)c1. The zero-order chi connectivity index (χ0) is 18.4. The van der Waals surface area contributed by atoms with Gasteiger partial charge in [-0.2, -0.15) is 5.26 Å². The van der Waals surface area contributed by atoms with Gasteiger partial charge in [0.15, 0.2) is 0 Å². The minimum atomic E-state index is -3.83. The molecule has 0 radical (unpaired) electrons. The summed E-state index contributed by atoms with van der Waals surface area (Å²) in [6.45, 7) is 3.73. The molecule has 0 spiro atoms. The molecule has 0 bridgehead atoms. The van der Waals surface area contributed by atoms with Crippen LogP contribution in [0.1, 0.15) is 5.56 Å². The van der Waals surface area contributed by atoms with Crippen LogP contribution < -0.4 is 9.04 Å². The maximum Gasteiger partial charge on any atom is 0.264 e. The lowest BCUT2D eigenvalue weighted by atomic mass is 10.1. The highest BCUT2D eigenvalue weighted by Gasteiger charge is 2.25. The lowest BCUT2D eigenvalue weighted by molar-refractivity contribution is 0.414. The second-order valence-corrected chi connectivity index (χ2v) is 7.39. The molecular weight excluding hydrogens is 360 g/mol. The molecule has 2 aromatic carbocycles. The molecule has 25 heavy (non-hydrogen) atoms. The van der Waals surface area contributed by atoms with Gasteiger partial charge in [-0.15, -0.1) is 6.58 Å². The summed E-state index contributed by atoms with van der Waals surface area (Å²) in [5, 5.41) is 8.95. The van der Waals surface area contributed by atoms with Gasteiger partial charge < -0.3 is 4.74 Å². The van der Waals surface area contributed by atoms with Crippen molar-refractivity contribution in [1.29, 1.82) is 5.26 Å². The maximum atomic E-state index is 13.0. The van der Waals surface area contributed by atoms with Crippen LogP contribution in [0.2, 0.25) is 5.02 Å². The van der Waals surface area contributed by atoms with E-state index in [1.54, 1.807) is 24.3 Å². The number of nitrogens with zero attached hydrogens (tertiary/aromatic N) is 2. The Hall–Kier alpha value is -2.49. The summed E-state index contributed by atoms with van der Waals surface area (Å²) in [5.74, 6) is 0.400. The standard InChI is InChI=1S/C18H17ClN2O3S/c1-3-12-21(15-6-4-14(5-7-15)10-11-20)25(22,23)16-8-9-18(24-2)17(19)13-16/h3-9,13H,1,10,12H2,2H3. The first-order valence-corrected chi connectivity index (χ1v) is 9.19. The molecule has 5 nitrogen and oxygen atoms in total. The van der Waals surface area contributed by atoms with Gasteiger partial charge in [0.25, 0.3) is 10.0 Å². The van der Waals surface area contributed by atoms with Gasteiger partial charge in [-0.3, -0.25) is 4.31 Å². The number of hydrogen-bond donors (Lipinski definition) is 0. The van der Waals surface area contributed by atoms with Crippen molar-refractivity contribution in [3.8, 4) is 11.8 Å². The predicted molar refractivity (Wildman–Crippen MR) is 98.5 cm³/mol. The first kappa shape index (κ1) is 18.8. The molecule has 0 saturated carbocycles. The fourth-order valence-electron chi connectivity index (χ4n) is 2.27. The van der Waals surface area contributed by atoms with Crippen LogP contribution in [0, 0.1) is 11.3 Å². The van der Waals surface area contributed by atoms with Crippen molar-refractivity contribution in [2.24, 2.45) is 0 Å². The Morgan fingerprint density at radius 2 is 1.96 bits per heavy atom. The molecule has 2 aromatic rings. The fraction of sp³-hybridized carbons (Fsp3) is 0.167. The van der Waals surface area contributed by atoms with Gasteiger partial charge in [0.2, 0.25) is 0 Å². The predicted octanol–water partition coefficient (Wildman–Crippen LogP) is 3.80. The molecule has 0 heterocycles. The molecule has 0 amide bonds. The minimum Gasteiger partial charge on any atom is -0.495 e. The average Bonchev–Trinajstić information content (AvgIpc) is 2.60. The molecule has 0 unspecified atom stereocenters. The molecule has 130 valence electrons. The molecule has 0 aliphatic carbocycles. The number of rotatable bonds is 7. The van der Waals surface area contributed by atoms with Crippen molar-refractivity contribution in [2.75, 3.05) is 18.0 Å². The molecular formula is C18H17ClN2O3S. The van der Waals surface area contributed by atoms with Gasteiger partial charge >= 0.3 is 0 Å². The van der Waals surface area contributed by atoms with Crippen molar-refractivity contribution in [2.45, 2.75) is 11.3 Å². The van der Waals surface area contributed by atoms with E-state index in [1.165, 1.54) is 35.7 Å². The third-order valence-corrected chi connectivity index (χ3v) is 5.60. The molecule has 0 N–H and O–H groups in total. The van der Waals surface area contributed by atoms with Crippen LogP contribution in [0.25, 0.3) is 0 Å². The number of benzene rings is 2. The molecule has 2 rings (SSSR count). The third kappa shape index (κ3) is 4.13. The van der Waals surface area contributed by atoms with E-state index in [4.69, 9.17) is 21.6 Å². The van der Waals surface area contributed by atoms with Crippen molar-refractivity contribution in [3.05, 3.63) is 65.7 Å². The van der Waals surface area contributed by atoms with E-state index in [0.29, 0.717) is 11.4 Å². The van der Waals surface area contributed by atoms with Crippen molar-refractivity contribution >= 4 is 27.3 Å². The van der Waals surface area contributed by atoms with Crippen LogP contribution >= 0.6 is 11.6 Å². The van der Waals surface area contributed by atoms with E-state index < -0.39 is 10.0 Å². The van der Waals surface area contributed by atoms with E-state index in [1.807, 2.05) is 0 Å². The Morgan fingerprint density at radius 1 is 1.28 bits per heavy atom. The summed E-state index contributed by atoms with van der Waals surface area (Å²) in [6.07, 6.45) is 1.77. The number of methoxy groups -OCH3 is 1. The zero-order valence-corrected chi connectivity index (χ0v) is 15.2. The third-order valence-electron chi connectivity index (χ3n) is 3.51. The number of ether oxygens (including phenoxy) is 1. The van der Waals surface area contributed by atoms with E-state index in [-0.39, 0.29) is 22.9 Å². The van der Waals surface area contributed by atoms with Gasteiger partial charge in [0.1, 0.15) is 5.75 Å². The van der Waals surface area contributed by atoms with Crippen LogP contribution in [0.3, 0.4) is 0 Å². The Labute approximate surface area is 152 Å². The molecule has 0 atom stereocenters. The average molecular weight is 377 g/mol. The molecule has 0 saturated heterocycles. The molecule has 0 fully saturated rings. The van der Waals surface area contributed by atoms with Gasteiger partial charge in [-0.1, -0.05) is 29.8 Å². The monoisotopic (exact) mass is 376 g/mol. The van der Waals surface area contributed by atoms with Gasteiger partial charge in [0, 0.05) is 0 Å². The highest BCUT2D eigenvalue weighted by atomic mass is 35.5. The number of sulfonamides is 1. The van der Waals surface area contributed by atoms with Crippen molar-refractivity contribution in [3.63, 3.8) is 0 Å². The van der Waals surface area contributed by atoms with Gasteiger partial charge in [0.05, 0.1) is 41.8 Å². The van der Waals surface area contributed by atoms with Crippen LogP contribution in [-0.4, -0.2) is 22.1 Å². The molecule has 0 aliphatic heterocycles. The number of hydrogen-bond acceptors (Lipinski definition) is 4. The zero-order valence-electron chi connectivity index (χ0n) is 13.6. The van der Waals surface area contributed by atoms with E-state index >= 15 is 0 Å². The second-order valence-electron chi connectivity index (χ2n) is 5.12. The Kier molecular flexibility index (Phi) is 6.07. The van der Waals surface area contributed by atoms with Crippen LogP contribution in [0.15, 0.2) is 60.0 Å². The van der Waals surface area contributed by atoms with Crippen molar-refractivity contribution < 1.29 is 13.2 Å². The smallest absolute Gasteiger partial charge is 0.264 e. The lowest BCUT2D eigenvalue weighted by Gasteiger charge is -2.23. The second kappa shape index (κ2) is 8.06. The Morgan fingerprint density at radius 3 is 2.48 bits per heavy atom. The molecule has 0 aromatic heterocycles. The van der Waals surface area contributed by atoms with E-state index in [0.717, 1.165) is 5.56 Å². The largest absolute Gasteiger partial charge is 0.495 e. The normalized spacial score (nSPS) is 10.8. The maximum absolute atomic E-state index is 13.0. The number of anilines is 1. The first-order chi connectivity index (χ1) is 11.9. The molecule has 0 aliphatic rings. The lowest BCUT2D eigenvalue weighted by Crippen LogP contribution is -2.31. The van der Waals surface area contributed by atoms with Gasteiger partial charge in [-0.25, -0.2) is 8.42 Å². The first-order valence-electron chi connectivity index (χ1n) is 7.37. The highest BCUT2D eigenvalue weighted by molar-refractivity contribution is 7.92. The van der Waals surface area contributed by atoms with Crippen LogP contribution in [-0.2, 0) is 16.4 Å². The number of halogens is 1. The summed E-state index contributed by atoms with van der Waals surface area (Å²) in [7, 11) is -2.37. The highest BCUT2D eigenvalue weighted by Crippen LogP contribution is 2.30. The summed E-state index contributed by atoms with van der Waals surface area (Å²) >= 11 is 6.06.